The van der Waals surface area contributed by atoms with E-state index in [1.165, 1.54) is 36.6 Å². The Balaban J connectivity index is 1.51. The third kappa shape index (κ3) is 4.80. The molecule has 0 saturated carbocycles. The number of primary amides is 1. The molecule has 0 spiro atoms. The molecular formula is C29H27ClFN3O5S. The smallest absolute Gasteiger partial charge is 0.231 e. The number of aryl methyl sites for hydroxylation is 1. The summed E-state index contributed by atoms with van der Waals surface area (Å²) in [5.41, 5.74) is 5.48. The number of thiazole rings is 1. The van der Waals surface area contributed by atoms with Gasteiger partial charge in [0.05, 0.1) is 27.5 Å². The summed E-state index contributed by atoms with van der Waals surface area (Å²) >= 11 is 7.50. The summed E-state index contributed by atoms with van der Waals surface area (Å²) in [4.78, 5) is 34.8. The number of hydrogen-bond donors (Lipinski definition) is 2. The molecule has 2 aromatic carbocycles. The van der Waals surface area contributed by atoms with E-state index in [0.29, 0.717) is 33.7 Å². The molecule has 0 unspecified atom stereocenters. The number of nitrogens with two attached hydrogens (primary N) is 1. The molecule has 208 valence electrons. The number of halogens is 2. The molecule has 4 aromatic rings. The van der Waals surface area contributed by atoms with Crippen molar-refractivity contribution in [3.63, 3.8) is 0 Å². The van der Waals surface area contributed by atoms with Crippen molar-refractivity contribution in [2.24, 2.45) is 5.73 Å². The summed E-state index contributed by atoms with van der Waals surface area (Å²) in [7, 11) is 1.53. The van der Waals surface area contributed by atoms with Gasteiger partial charge in [0, 0.05) is 23.1 Å². The number of Topliss-reactive ketones (excluding diaryl/α,β-unsaturated/α-hetero) is 1. The summed E-state index contributed by atoms with van der Waals surface area (Å²) in [6.45, 7) is 5.06. The normalized spacial score (nSPS) is 17.8. The molecule has 0 saturated heterocycles. The Bertz CT molecular complexity index is 1690. The van der Waals surface area contributed by atoms with Crippen LogP contribution >= 0.6 is 22.9 Å². The van der Waals surface area contributed by atoms with E-state index in [1.807, 2.05) is 6.92 Å². The van der Waals surface area contributed by atoms with E-state index in [1.54, 1.807) is 32.0 Å². The third-order valence-corrected chi connectivity index (χ3v) is 8.52. The third-order valence-electron chi connectivity index (χ3n) is 7.31. The number of ketones is 1. The summed E-state index contributed by atoms with van der Waals surface area (Å²) in [5.74, 6) is -0.590. The molecule has 0 radical (unpaired) electrons. The van der Waals surface area contributed by atoms with Crippen molar-refractivity contribution in [3.05, 3.63) is 69.1 Å². The fourth-order valence-corrected chi connectivity index (χ4v) is 5.82. The lowest BCUT2D eigenvalue weighted by Gasteiger charge is -2.26. The number of carbonyl (C=O) groups excluding carboxylic acids is 2. The number of benzene rings is 2. The molecule has 3 N–H and O–H groups in total. The number of hydrogen-bond acceptors (Lipinski definition) is 8. The molecule has 0 bridgehead atoms. The van der Waals surface area contributed by atoms with Gasteiger partial charge in [-0.2, -0.15) is 0 Å². The van der Waals surface area contributed by atoms with Crippen molar-refractivity contribution in [3.8, 4) is 22.8 Å². The van der Waals surface area contributed by atoms with Crippen LogP contribution in [0.25, 0.3) is 21.5 Å². The lowest BCUT2D eigenvalue weighted by atomic mass is 9.81. The molecule has 40 heavy (non-hydrogen) atoms. The van der Waals surface area contributed by atoms with Crippen LogP contribution in [0.4, 0.5) is 4.39 Å². The van der Waals surface area contributed by atoms with E-state index in [9.17, 15) is 19.1 Å². The fourth-order valence-electron chi connectivity index (χ4n) is 4.76. The van der Waals surface area contributed by atoms with Crippen molar-refractivity contribution >= 4 is 44.8 Å². The van der Waals surface area contributed by atoms with E-state index >= 15 is 0 Å². The van der Waals surface area contributed by atoms with Gasteiger partial charge in [-0.1, -0.05) is 11.6 Å². The van der Waals surface area contributed by atoms with Crippen LogP contribution in [0.2, 0.25) is 5.02 Å². The van der Waals surface area contributed by atoms with Crippen LogP contribution in [0.5, 0.6) is 11.5 Å². The first kappa shape index (κ1) is 27.9. The Morgan fingerprint density at radius 2 is 2.02 bits per heavy atom. The zero-order chi connectivity index (χ0) is 29.0. The average molecular weight is 584 g/mol. The van der Waals surface area contributed by atoms with Crippen LogP contribution in [0.1, 0.15) is 53.3 Å². The van der Waals surface area contributed by atoms with Crippen molar-refractivity contribution < 1.29 is 28.6 Å². The zero-order valence-corrected chi connectivity index (χ0v) is 23.9. The molecule has 8 nitrogen and oxygen atoms in total. The van der Waals surface area contributed by atoms with Gasteiger partial charge in [0.1, 0.15) is 46.1 Å². The molecule has 2 atom stereocenters. The second-order valence-electron chi connectivity index (χ2n) is 10.3. The van der Waals surface area contributed by atoms with Gasteiger partial charge >= 0.3 is 0 Å². The largest absolute Gasteiger partial charge is 0.494 e. The van der Waals surface area contributed by atoms with Crippen LogP contribution in [0, 0.1) is 12.7 Å². The van der Waals surface area contributed by atoms with Gasteiger partial charge in [-0.25, -0.2) is 14.4 Å². The van der Waals surface area contributed by atoms with Gasteiger partial charge in [0.15, 0.2) is 5.78 Å². The maximum Gasteiger partial charge on any atom is 0.231 e. The number of methoxy groups -OCH3 is 1. The number of aromatic nitrogens is 2. The monoisotopic (exact) mass is 583 g/mol. The topological polar surface area (TPSA) is 125 Å². The lowest BCUT2D eigenvalue weighted by molar-refractivity contribution is -0.123. The van der Waals surface area contributed by atoms with Gasteiger partial charge in [-0.3, -0.25) is 9.59 Å². The molecule has 1 aliphatic heterocycles. The van der Waals surface area contributed by atoms with Gasteiger partial charge in [-0.05, 0) is 63.6 Å². The van der Waals surface area contributed by atoms with E-state index < -0.39 is 22.7 Å². The summed E-state index contributed by atoms with van der Waals surface area (Å²) in [5, 5.41) is 12.3. The highest BCUT2D eigenvalue weighted by molar-refractivity contribution is 7.18. The summed E-state index contributed by atoms with van der Waals surface area (Å²) in [6.07, 6.45) is 0.0248. The fraction of sp³-hybridized carbons (Fsp3) is 0.310. The Morgan fingerprint density at radius 3 is 2.70 bits per heavy atom. The Labute approximate surface area is 238 Å². The number of pyridine rings is 1. The average Bonchev–Trinajstić information content (AvgIpc) is 3.47. The van der Waals surface area contributed by atoms with E-state index in [2.05, 4.69) is 9.97 Å². The molecule has 1 aliphatic rings. The van der Waals surface area contributed by atoms with Gasteiger partial charge in [-0.15, -0.1) is 11.3 Å². The number of carbonyl (C=O) groups is 2. The maximum atomic E-state index is 13.9. The van der Waals surface area contributed by atoms with Gasteiger partial charge in [0.2, 0.25) is 5.91 Å². The number of ether oxygens (including phenoxy) is 2. The van der Waals surface area contributed by atoms with E-state index in [0.717, 1.165) is 9.71 Å². The van der Waals surface area contributed by atoms with Gasteiger partial charge < -0.3 is 20.3 Å². The predicted octanol–water partition coefficient (Wildman–Crippen LogP) is 5.47. The quantitative estimate of drug-likeness (QED) is 0.263. The van der Waals surface area contributed by atoms with Crippen LogP contribution in [-0.2, 0) is 15.8 Å². The highest BCUT2D eigenvalue weighted by atomic mass is 35.5. The summed E-state index contributed by atoms with van der Waals surface area (Å²) in [6, 6.07) is 9.10. The molecule has 3 heterocycles. The van der Waals surface area contributed by atoms with Crippen LogP contribution in [0.15, 0.2) is 36.4 Å². The van der Waals surface area contributed by atoms with E-state index in [-0.39, 0.29) is 41.6 Å². The zero-order valence-electron chi connectivity index (χ0n) is 22.3. The SMILES string of the molecule is COc1cc(C(=O)CC[C@](C)(O)c2cc3c(c(-c4ccc(F)c(Cl)c4)n2)OC[C@]3(C)C(N)=O)cc2sc(C)nc12. The second-order valence-corrected chi connectivity index (χ2v) is 11.9. The minimum absolute atomic E-state index is 0.000487. The standard InChI is InChI=1S/C29H27ClFN3O5S/c1-14-33-25-21(38-4)10-16(11-22(25)40-14)20(35)7-8-29(3,37)23-12-17-26(39-13-28(17,2)27(32)36)24(34-23)15-5-6-19(31)18(30)9-15/h5-6,9-12,37H,7-8,13H2,1-4H3,(H2,32,36)/t28-,29-/m0/s1. The van der Waals surface area contributed by atoms with E-state index in [4.69, 9.17) is 26.8 Å². The molecule has 2 aromatic heterocycles. The van der Waals surface area contributed by atoms with Crippen molar-refractivity contribution in [2.45, 2.75) is 44.6 Å². The number of amides is 1. The van der Waals surface area contributed by atoms with Crippen LogP contribution < -0.4 is 15.2 Å². The van der Waals surface area contributed by atoms with Gasteiger partial charge in [0.25, 0.3) is 0 Å². The number of nitrogens with zero attached hydrogens (tertiary/aromatic N) is 2. The highest BCUT2D eigenvalue weighted by Gasteiger charge is 2.45. The Kier molecular flexibility index (Phi) is 7.06. The molecule has 0 aliphatic carbocycles. The number of rotatable bonds is 8. The van der Waals surface area contributed by atoms with Crippen molar-refractivity contribution in [1.29, 1.82) is 0 Å². The Hall–Kier alpha value is -3.60. The molecule has 5 rings (SSSR count). The summed E-state index contributed by atoms with van der Waals surface area (Å²) < 4.78 is 26.1. The molecule has 11 heteroatoms. The highest BCUT2D eigenvalue weighted by Crippen LogP contribution is 2.46. The van der Waals surface area contributed by atoms with Crippen LogP contribution in [0.3, 0.4) is 0 Å². The van der Waals surface area contributed by atoms with Crippen LogP contribution in [-0.4, -0.2) is 40.5 Å². The van der Waals surface area contributed by atoms with Crippen molar-refractivity contribution in [2.75, 3.05) is 13.7 Å². The van der Waals surface area contributed by atoms with Crippen molar-refractivity contribution in [1.82, 2.24) is 9.97 Å². The minimum atomic E-state index is -1.58. The lowest BCUT2D eigenvalue weighted by Crippen LogP contribution is -2.40. The molecule has 0 fully saturated rings. The predicted molar refractivity (Wildman–Crippen MR) is 151 cm³/mol. The second kappa shape index (κ2) is 10.1. The first-order chi connectivity index (χ1) is 18.8. The number of aliphatic hydroxyl groups is 1. The first-order valence-electron chi connectivity index (χ1n) is 12.5. The maximum absolute atomic E-state index is 13.9. The minimum Gasteiger partial charge on any atom is -0.494 e. The molecular weight excluding hydrogens is 557 g/mol. The first-order valence-corrected chi connectivity index (χ1v) is 13.7. The Morgan fingerprint density at radius 1 is 1.27 bits per heavy atom. The molecule has 1 amide bonds. The number of fused-ring (bicyclic) bond motifs is 2.